The molecule has 1 fully saturated rings. The first kappa shape index (κ1) is 30.8. The van der Waals surface area contributed by atoms with Gasteiger partial charge in [0.15, 0.2) is 6.23 Å². The number of para-hydroxylation sites is 1. The number of H-pyrrole nitrogens is 1. The first-order valence-corrected chi connectivity index (χ1v) is 13.6. The van der Waals surface area contributed by atoms with E-state index < -0.39 is 73.3 Å². The second-order valence-electron chi connectivity index (χ2n) is 9.86. The number of alkyl halides is 2. The van der Waals surface area contributed by atoms with E-state index in [1.54, 1.807) is 32.0 Å². The summed E-state index contributed by atoms with van der Waals surface area (Å²) in [7, 11) is -1.98. The number of ether oxygens (including phenoxy) is 2. The fraction of sp³-hybridized carbons (Fsp3) is 0.500. The molecule has 3 rings (SSSR count). The van der Waals surface area contributed by atoms with Gasteiger partial charge in [-0.2, -0.15) is 5.09 Å². The van der Waals surface area contributed by atoms with Crippen LogP contribution < -0.4 is 20.9 Å². The minimum Gasteiger partial charge on any atom is -0.462 e. The molecule has 212 valence electrons. The summed E-state index contributed by atoms with van der Waals surface area (Å²) < 4.78 is 66.5. The summed E-state index contributed by atoms with van der Waals surface area (Å²) in [5, 5.41) is 11.4. The van der Waals surface area contributed by atoms with Gasteiger partial charge in [0.25, 0.3) is 5.56 Å². The van der Waals surface area contributed by atoms with Gasteiger partial charge in [-0.3, -0.25) is 23.7 Å². The van der Waals surface area contributed by atoms with Gasteiger partial charge in [0.1, 0.15) is 46.4 Å². The number of rotatable bonds is 11. The number of aromatic amines is 1. The first-order valence-electron chi connectivity index (χ1n) is 12.1. The minimum atomic E-state index is -4.53. The molecule has 0 bridgehead atoms. The average Bonchev–Trinajstić information content (AvgIpc) is 3.10. The molecule has 39 heavy (non-hydrogen) atoms. The summed E-state index contributed by atoms with van der Waals surface area (Å²) >= 11 is 0. The normalized spacial score (nSPS) is 25.7. The fourth-order valence-electron chi connectivity index (χ4n) is 4.00. The van der Waals surface area contributed by atoms with Crippen LogP contribution in [0.4, 0.5) is 8.78 Å². The van der Waals surface area contributed by atoms with E-state index in [-0.39, 0.29) is 5.75 Å². The zero-order chi connectivity index (χ0) is 29.2. The van der Waals surface area contributed by atoms with Gasteiger partial charge in [-0.1, -0.05) is 18.2 Å². The molecule has 12 nitrogen and oxygen atoms in total. The lowest BCUT2D eigenvalue weighted by molar-refractivity contribution is -0.149. The maximum Gasteiger partial charge on any atom is 0.458 e. The summed E-state index contributed by atoms with van der Waals surface area (Å²) in [6.45, 7) is 2.84. The zero-order valence-corrected chi connectivity index (χ0v) is 22.9. The Balaban J connectivity index is 1.96. The minimum absolute atomic E-state index is 0.0858. The molecule has 0 saturated carbocycles. The van der Waals surface area contributed by atoms with Crippen LogP contribution in [0.15, 0.2) is 52.2 Å². The average molecular weight is 571 g/mol. The molecule has 1 aliphatic heterocycles. The van der Waals surface area contributed by atoms with Crippen LogP contribution in [-0.2, 0) is 23.4 Å². The van der Waals surface area contributed by atoms with Gasteiger partial charge in [-0.05, 0) is 32.9 Å². The van der Waals surface area contributed by atoms with Crippen molar-refractivity contribution in [2.45, 2.75) is 62.4 Å². The molecule has 0 aliphatic carbocycles. The maximum atomic E-state index is 15.8. The molecule has 0 amide bonds. The Bertz CT molecular complexity index is 1330. The molecule has 0 radical (unpaired) electrons. The Hall–Kier alpha value is -2.77. The Morgan fingerprint density at radius 1 is 1.28 bits per heavy atom. The predicted octanol–water partition coefficient (Wildman–Crippen LogP) is -0.474. The monoisotopic (exact) mass is 571 g/mol. The number of aromatic nitrogens is 2. The van der Waals surface area contributed by atoms with Crippen LogP contribution in [0.2, 0.25) is 0 Å². The quantitative estimate of drug-likeness (QED) is 0.183. The molecular weight excluding hydrogens is 541 g/mol. The number of carbonyl (C=O) groups excluding carboxylic acids is 1. The number of nitrogens with one attached hydrogen (secondary N) is 2. The molecule has 1 aliphatic rings. The standard InChI is InChI=1S/C22H30B2F2N3O9P/c1-12(2)35-18(32)13(3)28-39(34,37-14-7-5-4-6-8-14)38-22(23,24)17-16(31)21(26,11-25)19(36-17)29-10-9-15(30)27-20(29)33/h4-10,12-13,16-17,19,31H,11,23-24H2,1-3H3,(H,28,34)(H,27,30,33)/t13-,16+,17?,19-,21?,39?/m0/s1. The number of benzene rings is 1. The predicted molar refractivity (Wildman–Crippen MR) is 140 cm³/mol. The van der Waals surface area contributed by atoms with Gasteiger partial charge >= 0.3 is 19.4 Å². The molecule has 17 heteroatoms. The zero-order valence-electron chi connectivity index (χ0n) is 22.0. The van der Waals surface area contributed by atoms with E-state index in [1.807, 2.05) is 4.98 Å². The van der Waals surface area contributed by atoms with Gasteiger partial charge in [-0.25, -0.2) is 18.1 Å². The van der Waals surface area contributed by atoms with Crippen LogP contribution >= 0.6 is 7.75 Å². The van der Waals surface area contributed by atoms with Crippen LogP contribution in [0.5, 0.6) is 5.75 Å². The Labute approximate surface area is 224 Å². The summed E-state index contributed by atoms with van der Waals surface area (Å²) in [6, 6.07) is 7.50. The number of aliphatic hydroxyl groups is 1. The third kappa shape index (κ3) is 6.87. The van der Waals surface area contributed by atoms with E-state index in [1.165, 1.54) is 34.7 Å². The van der Waals surface area contributed by atoms with Crippen molar-refractivity contribution in [3.05, 3.63) is 63.4 Å². The van der Waals surface area contributed by atoms with E-state index >= 15 is 4.39 Å². The third-order valence-corrected chi connectivity index (χ3v) is 7.71. The molecule has 2 heterocycles. The lowest BCUT2D eigenvalue weighted by Crippen LogP contribution is -2.55. The molecule has 3 unspecified atom stereocenters. The van der Waals surface area contributed by atoms with Gasteiger partial charge in [0, 0.05) is 17.7 Å². The number of esters is 1. The van der Waals surface area contributed by atoms with Gasteiger partial charge in [0.2, 0.25) is 5.67 Å². The Morgan fingerprint density at radius 3 is 2.49 bits per heavy atom. The van der Waals surface area contributed by atoms with Crippen molar-refractivity contribution < 1.29 is 41.8 Å². The SMILES string of the molecule is BC(B)(OP(=O)(N[C@@H](C)C(=O)OC(C)C)Oc1ccccc1)C1O[C@H](n2ccc(=O)[nH]c2=O)C(F)(CF)[C@@H]1O. The molecular formula is C22H30B2F2N3O9P. The van der Waals surface area contributed by atoms with Crippen molar-refractivity contribution in [3.8, 4) is 5.75 Å². The molecule has 0 spiro atoms. The third-order valence-electron chi connectivity index (χ3n) is 5.84. The molecule has 1 saturated heterocycles. The van der Waals surface area contributed by atoms with Crippen molar-refractivity contribution in [2.24, 2.45) is 0 Å². The van der Waals surface area contributed by atoms with E-state index in [9.17, 15) is 28.4 Å². The largest absolute Gasteiger partial charge is 0.462 e. The maximum absolute atomic E-state index is 15.8. The number of carbonyl (C=O) groups is 1. The molecule has 3 N–H and O–H groups in total. The van der Waals surface area contributed by atoms with Crippen LogP contribution in [-0.4, -0.2) is 78.4 Å². The summed E-state index contributed by atoms with van der Waals surface area (Å²) in [6.07, 6.45) is -5.53. The summed E-state index contributed by atoms with van der Waals surface area (Å²) in [4.78, 5) is 38.1. The van der Waals surface area contributed by atoms with Crippen molar-refractivity contribution >= 4 is 29.4 Å². The number of hydrogen-bond acceptors (Lipinski definition) is 9. The molecule has 2 aromatic rings. The fourth-order valence-corrected chi connectivity index (χ4v) is 5.84. The highest BCUT2D eigenvalue weighted by Crippen LogP contribution is 2.51. The van der Waals surface area contributed by atoms with Crippen LogP contribution in [0.25, 0.3) is 0 Å². The highest BCUT2D eigenvalue weighted by atomic mass is 31.2. The van der Waals surface area contributed by atoms with E-state index in [4.69, 9.17) is 18.5 Å². The first-order chi connectivity index (χ1) is 18.1. The van der Waals surface area contributed by atoms with Crippen molar-refractivity contribution in [1.29, 1.82) is 0 Å². The highest BCUT2D eigenvalue weighted by molar-refractivity contribution is 7.52. The van der Waals surface area contributed by atoms with E-state index in [2.05, 4.69) is 5.09 Å². The number of halogens is 2. The number of aliphatic hydroxyl groups excluding tert-OH is 1. The lowest BCUT2D eigenvalue weighted by atomic mass is 9.60. The second-order valence-corrected chi connectivity index (χ2v) is 11.5. The number of nitrogens with zero attached hydrogens (tertiary/aromatic N) is 1. The van der Waals surface area contributed by atoms with Crippen molar-refractivity contribution in [1.82, 2.24) is 14.6 Å². The van der Waals surface area contributed by atoms with Crippen LogP contribution in [0.1, 0.15) is 27.0 Å². The topological polar surface area (TPSA) is 158 Å². The van der Waals surface area contributed by atoms with Crippen molar-refractivity contribution in [3.63, 3.8) is 0 Å². The van der Waals surface area contributed by atoms with Crippen molar-refractivity contribution in [2.75, 3.05) is 6.67 Å². The Morgan fingerprint density at radius 2 is 1.92 bits per heavy atom. The number of hydrogen-bond donors (Lipinski definition) is 3. The van der Waals surface area contributed by atoms with Gasteiger partial charge < -0.3 is 19.1 Å². The second kappa shape index (κ2) is 11.8. The van der Waals surface area contributed by atoms with Crippen LogP contribution in [0, 0.1) is 0 Å². The van der Waals surface area contributed by atoms with E-state index in [0.717, 1.165) is 12.3 Å². The van der Waals surface area contributed by atoms with Gasteiger partial charge in [-0.15, -0.1) is 0 Å². The Kier molecular flexibility index (Phi) is 9.28. The van der Waals surface area contributed by atoms with E-state index in [0.29, 0.717) is 4.57 Å². The van der Waals surface area contributed by atoms with Crippen LogP contribution in [0.3, 0.4) is 0 Å². The summed E-state index contributed by atoms with van der Waals surface area (Å²) in [5.74, 6) is -0.680. The lowest BCUT2D eigenvalue weighted by Gasteiger charge is -2.37. The van der Waals surface area contributed by atoms with Gasteiger partial charge in [0.05, 0.1) is 6.10 Å². The molecule has 1 aromatic carbocycles. The molecule has 1 aromatic heterocycles. The highest BCUT2D eigenvalue weighted by Gasteiger charge is 2.63. The summed E-state index contributed by atoms with van der Waals surface area (Å²) in [5.41, 5.74) is -5.04. The smallest absolute Gasteiger partial charge is 0.458 e. The molecule has 6 atom stereocenters.